The van der Waals surface area contributed by atoms with Crippen molar-refractivity contribution in [3.05, 3.63) is 35.9 Å². The second kappa shape index (κ2) is 7.59. The first-order valence-electron chi connectivity index (χ1n) is 8.57. The van der Waals surface area contributed by atoms with Crippen LogP contribution in [0, 0.1) is 0 Å². The average Bonchev–Trinajstić information content (AvgIpc) is 2.93. The van der Waals surface area contributed by atoms with Gasteiger partial charge in [-0.1, -0.05) is 30.3 Å². The molecule has 1 aromatic carbocycles. The smallest absolute Gasteiger partial charge is 0.242 e. The summed E-state index contributed by atoms with van der Waals surface area (Å²) in [6.07, 6.45) is 3.79. The molecule has 2 saturated heterocycles. The van der Waals surface area contributed by atoms with E-state index in [1.165, 1.54) is 5.56 Å². The summed E-state index contributed by atoms with van der Waals surface area (Å²) in [5.74, 6) is 0.422. The van der Waals surface area contributed by atoms with Gasteiger partial charge in [-0.2, -0.15) is 0 Å². The molecule has 2 N–H and O–H groups in total. The van der Waals surface area contributed by atoms with Gasteiger partial charge in [0.2, 0.25) is 11.8 Å². The molecule has 5 heteroatoms. The van der Waals surface area contributed by atoms with Gasteiger partial charge >= 0.3 is 0 Å². The van der Waals surface area contributed by atoms with Gasteiger partial charge in [0.25, 0.3) is 0 Å². The second-order valence-corrected chi connectivity index (χ2v) is 6.54. The molecule has 23 heavy (non-hydrogen) atoms. The van der Waals surface area contributed by atoms with Gasteiger partial charge in [-0.05, 0) is 43.7 Å². The molecule has 2 atom stereocenters. The maximum atomic E-state index is 12.2. The van der Waals surface area contributed by atoms with Gasteiger partial charge in [-0.3, -0.25) is 14.5 Å². The summed E-state index contributed by atoms with van der Waals surface area (Å²) in [6.45, 7) is 2.95. The monoisotopic (exact) mass is 315 g/mol. The minimum atomic E-state index is -0.363. The highest BCUT2D eigenvalue weighted by Crippen LogP contribution is 2.26. The summed E-state index contributed by atoms with van der Waals surface area (Å²) in [7, 11) is 0. The van der Waals surface area contributed by atoms with Gasteiger partial charge in [-0.25, -0.2) is 0 Å². The van der Waals surface area contributed by atoms with Crippen LogP contribution in [0.1, 0.15) is 37.2 Å². The van der Waals surface area contributed by atoms with E-state index in [0.717, 1.165) is 45.3 Å². The van der Waals surface area contributed by atoms with Crippen LogP contribution in [-0.4, -0.2) is 48.9 Å². The Balaban J connectivity index is 1.48. The fraction of sp³-hybridized carbons (Fsp3) is 0.556. The molecule has 0 unspecified atom stereocenters. The van der Waals surface area contributed by atoms with Gasteiger partial charge in [0.15, 0.2) is 0 Å². The Labute approximate surface area is 137 Å². The van der Waals surface area contributed by atoms with Crippen molar-refractivity contribution in [2.24, 2.45) is 0 Å². The first kappa shape index (κ1) is 16.0. The lowest BCUT2D eigenvalue weighted by atomic mass is 9.99. The van der Waals surface area contributed by atoms with Crippen LogP contribution < -0.4 is 10.6 Å². The summed E-state index contributed by atoms with van der Waals surface area (Å²) in [5.41, 5.74) is 1.35. The van der Waals surface area contributed by atoms with Crippen molar-refractivity contribution in [1.29, 1.82) is 0 Å². The molecule has 3 rings (SSSR count). The number of likely N-dealkylation sites (tertiary alicyclic amines) is 1. The summed E-state index contributed by atoms with van der Waals surface area (Å²) >= 11 is 0. The molecular weight excluding hydrogens is 290 g/mol. The first-order valence-corrected chi connectivity index (χ1v) is 8.57. The van der Waals surface area contributed by atoms with Crippen molar-refractivity contribution in [1.82, 2.24) is 15.5 Å². The van der Waals surface area contributed by atoms with E-state index in [9.17, 15) is 9.59 Å². The number of nitrogens with zero attached hydrogens (tertiary/aromatic N) is 1. The molecule has 0 radical (unpaired) electrons. The number of rotatable bonds is 4. The zero-order valence-corrected chi connectivity index (χ0v) is 13.5. The summed E-state index contributed by atoms with van der Waals surface area (Å²) < 4.78 is 0. The van der Waals surface area contributed by atoms with E-state index in [1.807, 2.05) is 6.07 Å². The lowest BCUT2D eigenvalue weighted by Gasteiger charge is -2.19. The summed E-state index contributed by atoms with van der Waals surface area (Å²) in [4.78, 5) is 26.3. The third-order valence-electron chi connectivity index (χ3n) is 4.78. The van der Waals surface area contributed by atoms with Gasteiger partial charge in [0.05, 0.1) is 6.54 Å². The van der Waals surface area contributed by atoms with Crippen molar-refractivity contribution < 1.29 is 9.59 Å². The molecule has 1 aromatic rings. The van der Waals surface area contributed by atoms with Crippen molar-refractivity contribution in [3.8, 4) is 0 Å². The predicted molar refractivity (Wildman–Crippen MR) is 89.0 cm³/mol. The summed E-state index contributed by atoms with van der Waals surface area (Å²) in [6, 6.07) is 10.1. The maximum absolute atomic E-state index is 12.2. The molecule has 2 amide bonds. The molecule has 0 bridgehead atoms. The number of hydrogen-bond donors (Lipinski definition) is 2. The van der Waals surface area contributed by atoms with Crippen LogP contribution in [0.5, 0.6) is 0 Å². The average molecular weight is 315 g/mol. The SMILES string of the molecule is O=C(CN1CC[C@H](c2ccccc2)C1)N[C@@H]1CCCCNC1=O. The predicted octanol–water partition coefficient (Wildman–Crippen LogP) is 1.26. The molecular formula is C18H25N3O2. The van der Waals surface area contributed by atoms with Crippen molar-refractivity contribution in [3.63, 3.8) is 0 Å². The van der Waals surface area contributed by atoms with Crippen molar-refractivity contribution in [2.45, 2.75) is 37.6 Å². The van der Waals surface area contributed by atoms with Gasteiger partial charge in [-0.15, -0.1) is 0 Å². The van der Waals surface area contributed by atoms with Crippen LogP contribution in [0.15, 0.2) is 30.3 Å². The maximum Gasteiger partial charge on any atom is 0.242 e. The minimum Gasteiger partial charge on any atom is -0.354 e. The Bertz CT molecular complexity index is 546. The normalized spacial score (nSPS) is 25.7. The van der Waals surface area contributed by atoms with Crippen LogP contribution in [0.25, 0.3) is 0 Å². The van der Waals surface area contributed by atoms with Crippen molar-refractivity contribution >= 4 is 11.8 Å². The van der Waals surface area contributed by atoms with E-state index in [2.05, 4.69) is 39.8 Å². The number of carbonyl (C=O) groups is 2. The Kier molecular flexibility index (Phi) is 5.28. The molecule has 5 nitrogen and oxygen atoms in total. The van der Waals surface area contributed by atoms with Gasteiger partial charge in [0, 0.05) is 13.1 Å². The summed E-state index contributed by atoms with van der Waals surface area (Å²) in [5, 5.41) is 5.75. The highest BCUT2D eigenvalue weighted by molar-refractivity contribution is 5.88. The molecule has 2 fully saturated rings. The molecule has 0 saturated carbocycles. The molecule has 2 heterocycles. The van der Waals surface area contributed by atoms with Gasteiger partial charge in [0.1, 0.15) is 6.04 Å². The minimum absolute atomic E-state index is 0.0410. The molecule has 2 aliphatic rings. The van der Waals surface area contributed by atoms with Crippen LogP contribution in [-0.2, 0) is 9.59 Å². The van der Waals surface area contributed by atoms with E-state index in [4.69, 9.17) is 0 Å². The fourth-order valence-electron chi connectivity index (χ4n) is 3.49. The van der Waals surface area contributed by atoms with E-state index in [1.54, 1.807) is 0 Å². The van der Waals surface area contributed by atoms with Crippen molar-refractivity contribution in [2.75, 3.05) is 26.2 Å². The van der Waals surface area contributed by atoms with E-state index >= 15 is 0 Å². The Morgan fingerprint density at radius 3 is 2.87 bits per heavy atom. The van der Waals surface area contributed by atoms with Crippen LogP contribution in [0.3, 0.4) is 0 Å². The number of hydrogen-bond acceptors (Lipinski definition) is 3. The first-order chi connectivity index (χ1) is 11.2. The molecule has 0 aromatic heterocycles. The molecule has 2 aliphatic heterocycles. The highest BCUT2D eigenvalue weighted by atomic mass is 16.2. The molecule has 0 aliphatic carbocycles. The van der Waals surface area contributed by atoms with Crippen LogP contribution >= 0.6 is 0 Å². The molecule has 124 valence electrons. The number of amides is 2. The second-order valence-electron chi connectivity index (χ2n) is 6.54. The Hall–Kier alpha value is -1.88. The lowest BCUT2D eigenvalue weighted by molar-refractivity contribution is -0.129. The third-order valence-corrected chi connectivity index (χ3v) is 4.78. The van der Waals surface area contributed by atoms with Crippen LogP contribution in [0.2, 0.25) is 0 Å². The Morgan fingerprint density at radius 2 is 2.04 bits per heavy atom. The van der Waals surface area contributed by atoms with E-state index < -0.39 is 0 Å². The number of benzene rings is 1. The Morgan fingerprint density at radius 1 is 1.22 bits per heavy atom. The van der Waals surface area contributed by atoms with Crippen LogP contribution in [0.4, 0.5) is 0 Å². The highest BCUT2D eigenvalue weighted by Gasteiger charge is 2.27. The molecule has 0 spiro atoms. The third kappa shape index (κ3) is 4.32. The zero-order valence-electron chi connectivity index (χ0n) is 13.5. The fourth-order valence-corrected chi connectivity index (χ4v) is 3.49. The largest absolute Gasteiger partial charge is 0.354 e. The number of carbonyl (C=O) groups excluding carboxylic acids is 2. The lowest BCUT2D eigenvalue weighted by Crippen LogP contribution is -2.48. The topological polar surface area (TPSA) is 61.4 Å². The quantitative estimate of drug-likeness (QED) is 0.879. The van der Waals surface area contributed by atoms with Gasteiger partial charge < -0.3 is 10.6 Å². The van der Waals surface area contributed by atoms with E-state index in [-0.39, 0.29) is 17.9 Å². The number of nitrogens with one attached hydrogen (secondary N) is 2. The standard InChI is InChI=1S/C18H25N3O2/c22-17(20-16-8-4-5-10-19-18(16)23)13-21-11-9-15(12-21)14-6-2-1-3-7-14/h1-3,6-7,15-16H,4-5,8-13H2,(H,19,23)(H,20,22)/t15-,16+/m0/s1. The van der Waals surface area contributed by atoms with E-state index in [0.29, 0.717) is 12.5 Å². The zero-order chi connectivity index (χ0) is 16.1.